The quantitative estimate of drug-likeness (QED) is 0.704. The molecule has 0 aromatic rings. The van der Waals surface area contributed by atoms with E-state index in [0.29, 0.717) is 45.4 Å². The van der Waals surface area contributed by atoms with Gasteiger partial charge in [-0.05, 0) is 38.5 Å². The number of likely N-dealkylation sites (tertiary alicyclic amines) is 2. The lowest BCUT2D eigenvalue weighted by atomic mass is 9.87. The van der Waals surface area contributed by atoms with E-state index >= 15 is 0 Å². The average Bonchev–Trinajstić information content (AvgIpc) is 2.98. The van der Waals surface area contributed by atoms with Gasteiger partial charge in [-0.3, -0.25) is 19.3 Å². The number of carbonyl (C=O) groups excluding carboxylic acids is 4. The number of nitrogens with zero attached hydrogens (tertiary/aromatic N) is 3. The predicted octanol–water partition coefficient (Wildman–Crippen LogP) is 1.74. The number of hydrogen-bond acceptors (Lipinski definition) is 4. The van der Waals surface area contributed by atoms with Crippen LogP contribution < -0.4 is 5.32 Å². The summed E-state index contributed by atoms with van der Waals surface area (Å²) in [4.78, 5) is 55.8. The fraction of sp³-hybridized carbons (Fsp3) is 0.810. The lowest BCUT2D eigenvalue weighted by molar-refractivity contribution is -0.142. The van der Waals surface area contributed by atoms with Crippen LogP contribution in [0.3, 0.4) is 0 Å². The van der Waals surface area contributed by atoms with Crippen LogP contribution in [-0.2, 0) is 14.4 Å². The summed E-state index contributed by atoms with van der Waals surface area (Å²) in [6.45, 7) is 7.94. The van der Waals surface area contributed by atoms with Crippen LogP contribution >= 0.6 is 0 Å². The molecule has 3 aliphatic rings. The van der Waals surface area contributed by atoms with E-state index in [0.717, 1.165) is 25.7 Å². The van der Waals surface area contributed by atoms with Gasteiger partial charge < -0.3 is 15.1 Å². The molecule has 162 valence electrons. The van der Waals surface area contributed by atoms with Crippen LogP contribution in [0, 0.1) is 5.92 Å². The first-order chi connectivity index (χ1) is 13.9. The van der Waals surface area contributed by atoms with E-state index in [-0.39, 0.29) is 35.7 Å². The van der Waals surface area contributed by atoms with E-state index in [4.69, 9.17) is 0 Å². The lowest BCUT2D eigenvalue weighted by Crippen LogP contribution is -2.57. The highest BCUT2D eigenvalue weighted by atomic mass is 16.2. The summed E-state index contributed by atoms with van der Waals surface area (Å²) in [6.07, 6.45) is 4.46. The minimum Gasteiger partial charge on any atom is -0.343 e. The molecule has 1 N–H and O–H groups in total. The number of piperidine rings is 2. The summed E-state index contributed by atoms with van der Waals surface area (Å²) in [5.74, 6) is 0.0285. The van der Waals surface area contributed by atoms with Gasteiger partial charge in [0.2, 0.25) is 11.8 Å². The lowest BCUT2D eigenvalue weighted by Gasteiger charge is -2.39. The van der Waals surface area contributed by atoms with E-state index in [1.807, 2.05) is 25.7 Å². The van der Waals surface area contributed by atoms with Crippen LogP contribution in [0.4, 0.5) is 4.79 Å². The van der Waals surface area contributed by atoms with Crippen molar-refractivity contribution in [2.45, 2.75) is 77.3 Å². The van der Waals surface area contributed by atoms with Crippen molar-refractivity contribution in [2.75, 3.05) is 26.2 Å². The highest BCUT2D eigenvalue weighted by Gasteiger charge is 2.54. The standard InChI is InChI=1S/C21H34N4O4/c1-4-15(5-2)18(27)24-11-7-8-16(14-24)25-19(28)21(22-20(25)29)9-12-23(13-10-21)17(26)6-3/h15-16H,4-14H2,1-3H3,(H,22,29). The molecule has 8 heteroatoms. The van der Waals surface area contributed by atoms with Gasteiger partial charge in [0.05, 0.1) is 6.04 Å². The van der Waals surface area contributed by atoms with Gasteiger partial charge in [-0.2, -0.15) is 0 Å². The van der Waals surface area contributed by atoms with E-state index in [9.17, 15) is 19.2 Å². The molecule has 0 saturated carbocycles. The Labute approximate surface area is 172 Å². The number of amides is 5. The summed E-state index contributed by atoms with van der Waals surface area (Å²) < 4.78 is 0. The third kappa shape index (κ3) is 3.98. The molecule has 3 heterocycles. The molecule has 3 saturated heterocycles. The Kier molecular flexibility index (Phi) is 6.49. The Bertz CT molecular complexity index is 668. The highest BCUT2D eigenvalue weighted by molar-refractivity contribution is 6.07. The second-order valence-corrected chi connectivity index (χ2v) is 8.52. The van der Waals surface area contributed by atoms with Gasteiger partial charge in [0.15, 0.2) is 0 Å². The van der Waals surface area contributed by atoms with Crippen LogP contribution in [-0.4, -0.2) is 76.2 Å². The molecule has 0 aliphatic carbocycles. The zero-order valence-electron chi connectivity index (χ0n) is 17.9. The Morgan fingerprint density at radius 2 is 1.72 bits per heavy atom. The van der Waals surface area contributed by atoms with Crippen molar-refractivity contribution < 1.29 is 19.2 Å². The van der Waals surface area contributed by atoms with Gasteiger partial charge in [-0.1, -0.05) is 20.8 Å². The molecule has 3 aliphatic heterocycles. The Morgan fingerprint density at radius 1 is 1.07 bits per heavy atom. The minimum absolute atomic E-state index is 0.00336. The first-order valence-corrected chi connectivity index (χ1v) is 11.1. The van der Waals surface area contributed by atoms with Crippen molar-refractivity contribution in [3.63, 3.8) is 0 Å². The second-order valence-electron chi connectivity index (χ2n) is 8.52. The average molecular weight is 407 g/mol. The van der Waals surface area contributed by atoms with Crippen LogP contribution in [0.15, 0.2) is 0 Å². The van der Waals surface area contributed by atoms with Crippen molar-refractivity contribution in [3.05, 3.63) is 0 Å². The van der Waals surface area contributed by atoms with Crippen molar-refractivity contribution in [2.24, 2.45) is 5.92 Å². The van der Waals surface area contributed by atoms with E-state index in [2.05, 4.69) is 5.32 Å². The number of urea groups is 1. The summed E-state index contributed by atoms with van der Waals surface area (Å²) >= 11 is 0. The third-order valence-corrected chi connectivity index (χ3v) is 6.87. The molecule has 5 amide bonds. The molecule has 1 spiro atoms. The van der Waals surface area contributed by atoms with Gasteiger partial charge in [0, 0.05) is 38.5 Å². The fourth-order valence-electron chi connectivity index (χ4n) is 4.93. The zero-order chi connectivity index (χ0) is 21.2. The number of imide groups is 1. The third-order valence-electron chi connectivity index (χ3n) is 6.87. The molecule has 0 aromatic heterocycles. The maximum atomic E-state index is 13.3. The first-order valence-electron chi connectivity index (χ1n) is 11.1. The number of carbonyl (C=O) groups is 4. The fourth-order valence-corrected chi connectivity index (χ4v) is 4.93. The van der Waals surface area contributed by atoms with Gasteiger partial charge in [-0.15, -0.1) is 0 Å². The molecule has 29 heavy (non-hydrogen) atoms. The maximum Gasteiger partial charge on any atom is 0.325 e. The van der Waals surface area contributed by atoms with Crippen LogP contribution in [0.2, 0.25) is 0 Å². The summed E-state index contributed by atoms with van der Waals surface area (Å²) in [5.41, 5.74) is -0.900. The molecule has 1 atom stereocenters. The largest absolute Gasteiger partial charge is 0.343 e. The number of hydrogen-bond donors (Lipinski definition) is 1. The summed E-state index contributed by atoms with van der Waals surface area (Å²) in [7, 11) is 0. The number of rotatable bonds is 5. The van der Waals surface area contributed by atoms with Crippen LogP contribution in [0.1, 0.15) is 65.7 Å². The monoisotopic (exact) mass is 406 g/mol. The van der Waals surface area contributed by atoms with Gasteiger partial charge in [0.25, 0.3) is 5.91 Å². The molecular weight excluding hydrogens is 372 g/mol. The first kappa shape index (κ1) is 21.6. The Hall–Kier alpha value is -2.12. The van der Waals surface area contributed by atoms with Crippen molar-refractivity contribution in [1.82, 2.24) is 20.0 Å². The molecular formula is C21H34N4O4. The van der Waals surface area contributed by atoms with Crippen LogP contribution in [0.5, 0.6) is 0 Å². The SMILES string of the molecule is CCC(=O)N1CCC2(CC1)NC(=O)N(C1CCCN(C(=O)C(CC)CC)C1)C2=O. The molecule has 3 fully saturated rings. The smallest absolute Gasteiger partial charge is 0.325 e. The molecule has 8 nitrogen and oxygen atoms in total. The topological polar surface area (TPSA) is 90.0 Å². The van der Waals surface area contributed by atoms with Crippen LogP contribution in [0.25, 0.3) is 0 Å². The zero-order valence-corrected chi connectivity index (χ0v) is 17.9. The normalized spacial score (nSPS) is 24.4. The van der Waals surface area contributed by atoms with E-state index < -0.39 is 5.54 Å². The van der Waals surface area contributed by atoms with E-state index in [1.165, 1.54) is 4.90 Å². The Morgan fingerprint density at radius 3 is 2.31 bits per heavy atom. The van der Waals surface area contributed by atoms with E-state index in [1.54, 1.807) is 4.90 Å². The minimum atomic E-state index is -0.900. The Balaban J connectivity index is 1.68. The summed E-state index contributed by atoms with van der Waals surface area (Å²) in [6, 6.07) is -0.628. The summed E-state index contributed by atoms with van der Waals surface area (Å²) in [5, 5.41) is 2.93. The number of nitrogens with one attached hydrogen (secondary N) is 1. The maximum absolute atomic E-state index is 13.3. The van der Waals surface area contributed by atoms with Crippen molar-refractivity contribution in [1.29, 1.82) is 0 Å². The predicted molar refractivity (Wildman–Crippen MR) is 108 cm³/mol. The van der Waals surface area contributed by atoms with Gasteiger partial charge >= 0.3 is 6.03 Å². The molecule has 0 radical (unpaired) electrons. The van der Waals surface area contributed by atoms with Crippen molar-refractivity contribution in [3.8, 4) is 0 Å². The molecule has 1 unspecified atom stereocenters. The highest BCUT2D eigenvalue weighted by Crippen LogP contribution is 2.33. The molecule has 3 rings (SSSR count). The van der Waals surface area contributed by atoms with Gasteiger partial charge in [0.1, 0.15) is 5.54 Å². The van der Waals surface area contributed by atoms with Crippen molar-refractivity contribution >= 4 is 23.8 Å². The second kappa shape index (κ2) is 8.71. The van der Waals surface area contributed by atoms with Gasteiger partial charge in [-0.25, -0.2) is 4.79 Å². The molecule has 0 bridgehead atoms. The molecule has 0 aromatic carbocycles.